The molecule has 1 aliphatic heterocycles. The molecule has 1 aromatic rings. The second-order valence-corrected chi connectivity index (χ2v) is 4.66. The lowest BCUT2D eigenvalue weighted by atomic mass is 10.1. The second kappa shape index (κ2) is 4.94. The van der Waals surface area contributed by atoms with Crippen molar-refractivity contribution in [1.82, 2.24) is 4.57 Å². The van der Waals surface area contributed by atoms with Gasteiger partial charge < -0.3 is 9.30 Å². The van der Waals surface area contributed by atoms with E-state index in [9.17, 15) is 4.79 Å². The molecule has 0 saturated carbocycles. The molecule has 0 radical (unpaired) electrons. The molecule has 3 nitrogen and oxygen atoms in total. The summed E-state index contributed by atoms with van der Waals surface area (Å²) >= 11 is 3.24. The quantitative estimate of drug-likeness (QED) is 0.826. The second-order valence-electron chi connectivity index (χ2n) is 3.80. The van der Waals surface area contributed by atoms with E-state index < -0.39 is 0 Å². The normalized spacial score (nSPS) is 21.5. The highest BCUT2D eigenvalue weighted by Crippen LogP contribution is 2.14. The van der Waals surface area contributed by atoms with Gasteiger partial charge in [0.15, 0.2) is 0 Å². The number of halogens is 1. The third-order valence-electron chi connectivity index (χ3n) is 2.65. The highest BCUT2D eigenvalue weighted by molar-refractivity contribution is 9.10. The Bertz CT molecular complexity index is 382. The van der Waals surface area contributed by atoms with Crippen LogP contribution in [-0.4, -0.2) is 17.3 Å². The molecule has 15 heavy (non-hydrogen) atoms. The minimum absolute atomic E-state index is 0.0201. The van der Waals surface area contributed by atoms with Crippen molar-refractivity contribution in [3.63, 3.8) is 0 Å². The SMILES string of the molecule is O=c1c(Br)cccn1CC1CCCCO1. The lowest BCUT2D eigenvalue weighted by Crippen LogP contribution is -2.30. The van der Waals surface area contributed by atoms with Gasteiger partial charge in [0, 0.05) is 12.8 Å². The van der Waals surface area contributed by atoms with Crippen molar-refractivity contribution in [2.45, 2.75) is 31.9 Å². The average molecular weight is 272 g/mol. The van der Waals surface area contributed by atoms with Crippen molar-refractivity contribution < 1.29 is 4.74 Å². The van der Waals surface area contributed by atoms with Gasteiger partial charge in [-0.2, -0.15) is 0 Å². The summed E-state index contributed by atoms with van der Waals surface area (Å²) in [5, 5.41) is 0. The van der Waals surface area contributed by atoms with Crippen LogP contribution in [0.25, 0.3) is 0 Å². The Morgan fingerprint density at radius 3 is 3.13 bits per heavy atom. The smallest absolute Gasteiger partial charge is 0.264 e. The van der Waals surface area contributed by atoms with Gasteiger partial charge in [-0.15, -0.1) is 0 Å². The first-order valence-corrected chi connectivity index (χ1v) is 6.03. The van der Waals surface area contributed by atoms with Gasteiger partial charge in [-0.05, 0) is 47.3 Å². The van der Waals surface area contributed by atoms with Crippen LogP contribution in [0.4, 0.5) is 0 Å². The van der Waals surface area contributed by atoms with E-state index in [4.69, 9.17) is 4.74 Å². The van der Waals surface area contributed by atoms with Crippen molar-refractivity contribution in [3.8, 4) is 0 Å². The number of hydrogen-bond donors (Lipinski definition) is 0. The minimum Gasteiger partial charge on any atom is -0.376 e. The van der Waals surface area contributed by atoms with Crippen molar-refractivity contribution in [1.29, 1.82) is 0 Å². The number of rotatable bonds is 2. The molecule has 0 spiro atoms. The van der Waals surface area contributed by atoms with Crippen LogP contribution in [0.5, 0.6) is 0 Å². The molecule has 2 heterocycles. The van der Waals surface area contributed by atoms with E-state index in [1.807, 2.05) is 12.3 Å². The van der Waals surface area contributed by atoms with Gasteiger partial charge in [0.05, 0.1) is 17.1 Å². The van der Waals surface area contributed by atoms with Gasteiger partial charge in [-0.25, -0.2) is 0 Å². The van der Waals surface area contributed by atoms with Crippen LogP contribution in [0.3, 0.4) is 0 Å². The van der Waals surface area contributed by atoms with E-state index in [0.29, 0.717) is 11.0 Å². The third-order valence-corrected chi connectivity index (χ3v) is 3.25. The molecule has 0 amide bonds. The van der Waals surface area contributed by atoms with Crippen molar-refractivity contribution in [2.24, 2.45) is 0 Å². The van der Waals surface area contributed by atoms with Crippen LogP contribution in [-0.2, 0) is 11.3 Å². The number of nitrogens with zero attached hydrogens (tertiary/aromatic N) is 1. The fourth-order valence-electron chi connectivity index (χ4n) is 1.82. The van der Waals surface area contributed by atoms with E-state index >= 15 is 0 Å². The van der Waals surface area contributed by atoms with E-state index in [-0.39, 0.29) is 11.7 Å². The maximum absolute atomic E-state index is 11.7. The number of ether oxygens (including phenoxy) is 1. The molecule has 1 aliphatic rings. The molecule has 0 bridgehead atoms. The van der Waals surface area contributed by atoms with E-state index in [0.717, 1.165) is 19.4 Å². The first-order valence-electron chi connectivity index (χ1n) is 5.24. The Morgan fingerprint density at radius 1 is 1.53 bits per heavy atom. The summed E-state index contributed by atoms with van der Waals surface area (Å²) in [6, 6.07) is 3.63. The molecule has 1 saturated heterocycles. The van der Waals surface area contributed by atoms with Crippen molar-refractivity contribution in [2.75, 3.05) is 6.61 Å². The van der Waals surface area contributed by atoms with Gasteiger partial charge in [0.25, 0.3) is 5.56 Å². The topological polar surface area (TPSA) is 31.2 Å². The zero-order valence-electron chi connectivity index (χ0n) is 8.49. The van der Waals surface area contributed by atoms with Gasteiger partial charge in [-0.1, -0.05) is 0 Å². The molecule has 1 atom stereocenters. The molecule has 1 aromatic heterocycles. The van der Waals surface area contributed by atoms with E-state index in [2.05, 4.69) is 15.9 Å². The number of aromatic nitrogens is 1. The maximum atomic E-state index is 11.7. The molecular formula is C11H14BrNO2. The highest BCUT2D eigenvalue weighted by atomic mass is 79.9. The Labute approximate surface area is 97.2 Å². The van der Waals surface area contributed by atoms with Crippen molar-refractivity contribution in [3.05, 3.63) is 33.2 Å². The molecule has 0 N–H and O–H groups in total. The zero-order valence-corrected chi connectivity index (χ0v) is 10.1. The molecular weight excluding hydrogens is 258 g/mol. The third kappa shape index (κ3) is 2.69. The Hall–Kier alpha value is -0.610. The van der Waals surface area contributed by atoms with Crippen LogP contribution >= 0.6 is 15.9 Å². The Morgan fingerprint density at radius 2 is 2.40 bits per heavy atom. The predicted molar refractivity (Wildman–Crippen MR) is 62.0 cm³/mol. The summed E-state index contributed by atoms with van der Waals surface area (Å²) in [7, 11) is 0. The largest absolute Gasteiger partial charge is 0.376 e. The summed E-state index contributed by atoms with van der Waals surface area (Å²) in [6.07, 6.45) is 5.41. The first-order chi connectivity index (χ1) is 7.27. The number of hydrogen-bond acceptors (Lipinski definition) is 2. The minimum atomic E-state index is 0.0201. The lowest BCUT2D eigenvalue weighted by molar-refractivity contribution is 0.00539. The highest BCUT2D eigenvalue weighted by Gasteiger charge is 2.14. The zero-order chi connectivity index (χ0) is 10.7. The van der Waals surface area contributed by atoms with Gasteiger partial charge >= 0.3 is 0 Å². The lowest BCUT2D eigenvalue weighted by Gasteiger charge is -2.23. The molecule has 0 aromatic carbocycles. The summed E-state index contributed by atoms with van der Waals surface area (Å²) in [5.74, 6) is 0. The van der Waals surface area contributed by atoms with Crippen LogP contribution in [0.15, 0.2) is 27.6 Å². The van der Waals surface area contributed by atoms with E-state index in [1.54, 1.807) is 10.6 Å². The van der Waals surface area contributed by atoms with Crippen LogP contribution < -0.4 is 5.56 Å². The van der Waals surface area contributed by atoms with E-state index in [1.165, 1.54) is 6.42 Å². The number of pyridine rings is 1. The van der Waals surface area contributed by atoms with Crippen LogP contribution in [0.2, 0.25) is 0 Å². The molecule has 4 heteroatoms. The van der Waals surface area contributed by atoms with Gasteiger partial charge in [0.1, 0.15) is 0 Å². The van der Waals surface area contributed by atoms with Crippen molar-refractivity contribution >= 4 is 15.9 Å². The van der Waals surface area contributed by atoms with Gasteiger partial charge in [0.2, 0.25) is 0 Å². The first kappa shape index (κ1) is 10.9. The summed E-state index contributed by atoms with van der Waals surface area (Å²) < 4.78 is 7.92. The standard InChI is InChI=1S/C11H14BrNO2/c12-10-5-3-6-13(11(10)14)8-9-4-1-2-7-15-9/h3,5-6,9H,1-2,4,7-8H2. The predicted octanol–water partition coefficient (Wildman–Crippen LogP) is 2.18. The fourth-order valence-corrected chi connectivity index (χ4v) is 2.20. The monoisotopic (exact) mass is 271 g/mol. The molecule has 1 unspecified atom stereocenters. The molecule has 0 aliphatic carbocycles. The van der Waals surface area contributed by atoms with Crippen LogP contribution in [0.1, 0.15) is 19.3 Å². The summed E-state index contributed by atoms with van der Waals surface area (Å²) in [5.41, 5.74) is 0.0201. The Balaban J connectivity index is 2.09. The molecule has 82 valence electrons. The fraction of sp³-hybridized carbons (Fsp3) is 0.545. The Kier molecular flexibility index (Phi) is 3.59. The average Bonchev–Trinajstić information content (AvgIpc) is 2.26. The molecule has 1 fully saturated rings. The molecule has 2 rings (SSSR count). The maximum Gasteiger partial charge on any atom is 0.264 e. The van der Waals surface area contributed by atoms with Gasteiger partial charge in [-0.3, -0.25) is 4.79 Å². The summed E-state index contributed by atoms with van der Waals surface area (Å²) in [6.45, 7) is 1.49. The van der Waals surface area contributed by atoms with Crippen LogP contribution in [0, 0.1) is 0 Å². The summed E-state index contributed by atoms with van der Waals surface area (Å²) in [4.78, 5) is 11.7.